The van der Waals surface area contributed by atoms with E-state index >= 15 is 4.39 Å². The summed E-state index contributed by atoms with van der Waals surface area (Å²) in [4.78, 5) is 16.2. The van der Waals surface area contributed by atoms with Crippen LogP contribution in [-0.4, -0.2) is 70.2 Å². The number of ether oxygens (including phenoxy) is 1. The first-order chi connectivity index (χ1) is 16.6. The topological polar surface area (TPSA) is 115 Å². The van der Waals surface area contributed by atoms with E-state index in [1.807, 2.05) is 30.3 Å². The Labute approximate surface area is 202 Å². The van der Waals surface area contributed by atoms with Crippen molar-refractivity contribution in [1.82, 2.24) is 19.1 Å². The molecule has 186 valence electrons. The summed E-state index contributed by atoms with van der Waals surface area (Å²) in [5.41, 5.74) is -0.0856. The molecule has 5 rings (SSSR count). The lowest BCUT2D eigenvalue weighted by Gasteiger charge is -2.34. The molecule has 11 heteroatoms. The van der Waals surface area contributed by atoms with Crippen molar-refractivity contribution in [2.45, 2.75) is 43.7 Å². The number of aromatic nitrogens is 3. The molecule has 35 heavy (non-hydrogen) atoms. The van der Waals surface area contributed by atoms with Crippen LogP contribution < -0.4 is 4.74 Å². The van der Waals surface area contributed by atoms with Crippen LogP contribution in [-0.2, 0) is 10.0 Å². The van der Waals surface area contributed by atoms with Crippen molar-refractivity contribution < 1.29 is 27.4 Å². The number of sulfonamides is 1. The van der Waals surface area contributed by atoms with Crippen LogP contribution in [0.3, 0.4) is 0 Å². The molecular weight excluding hydrogens is 475 g/mol. The van der Waals surface area contributed by atoms with E-state index in [9.17, 15) is 18.3 Å². The van der Waals surface area contributed by atoms with Gasteiger partial charge in [0.2, 0.25) is 10.0 Å². The molecule has 2 fully saturated rings. The Bertz CT molecular complexity index is 1360. The van der Waals surface area contributed by atoms with Crippen LogP contribution in [0.25, 0.3) is 16.7 Å². The van der Waals surface area contributed by atoms with Crippen molar-refractivity contribution in [2.75, 3.05) is 26.0 Å². The van der Waals surface area contributed by atoms with Gasteiger partial charge in [-0.1, -0.05) is 24.6 Å². The van der Waals surface area contributed by atoms with E-state index in [0.717, 1.165) is 36.9 Å². The third-order valence-electron chi connectivity index (χ3n) is 6.91. The molecule has 3 aromatic rings. The normalized spacial score (nSPS) is 18.9. The first-order valence-electron chi connectivity index (χ1n) is 11.6. The number of hydrogen-bond acceptors (Lipinski definition) is 6. The maximum Gasteiger partial charge on any atom is 0.354 e. The third kappa shape index (κ3) is 4.62. The third-order valence-corrected chi connectivity index (χ3v) is 8.22. The number of rotatable bonds is 7. The Balaban J connectivity index is 1.53. The minimum Gasteiger partial charge on any atom is -0.489 e. The molecule has 2 aromatic heterocycles. The summed E-state index contributed by atoms with van der Waals surface area (Å²) in [7, 11) is -3.38. The summed E-state index contributed by atoms with van der Waals surface area (Å²) in [6.45, 7) is -0.169. The highest BCUT2D eigenvalue weighted by Crippen LogP contribution is 2.43. The van der Waals surface area contributed by atoms with Gasteiger partial charge in [-0.3, -0.25) is 0 Å². The summed E-state index contributed by atoms with van der Waals surface area (Å²) in [6.07, 6.45) is 4.09. The average molecular weight is 503 g/mol. The van der Waals surface area contributed by atoms with Gasteiger partial charge in [-0.25, -0.2) is 31.6 Å². The molecule has 1 aliphatic carbocycles. The van der Waals surface area contributed by atoms with Crippen LogP contribution in [0.4, 0.5) is 4.39 Å². The minimum absolute atomic E-state index is 0.00115. The fourth-order valence-corrected chi connectivity index (χ4v) is 5.46. The fourth-order valence-electron chi connectivity index (χ4n) is 4.62. The number of aromatic carboxylic acids is 1. The van der Waals surface area contributed by atoms with Gasteiger partial charge < -0.3 is 9.84 Å². The van der Waals surface area contributed by atoms with E-state index in [4.69, 9.17) is 9.84 Å². The van der Waals surface area contributed by atoms with Crippen LogP contribution in [0.1, 0.15) is 54.2 Å². The Morgan fingerprint density at radius 1 is 1.23 bits per heavy atom. The smallest absolute Gasteiger partial charge is 0.354 e. The molecular formula is C24H27FN4O5S. The fraction of sp³-hybridized carbons (Fsp3) is 0.458. The molecule has 0 bridgehead atoms. The van der Waals surface area contributed by atoms with E-state index in [2.05, 4.69) is 4.98 Å². The number of halogens is 1. The van der Waals surface area contributed by atoms with Gasteiger partial charge in [-0.15, -0.1) is 0 Å². The van der Waals surface area contributed by atoms with Gasteiger partial charge in [-0.2, -0.15) is 5.10 Å². The Morgan fingerprint density at radius 2 is 1.91 bits per heavy atom. The summed E-state index contributed by atoms with van der Waals surface area (Å²) in [6, 6.07) is 10.7. The number of piperidine rings is 1. The zero-order chi connectivity index (χ0) is 24.8. The van der Waals surface area contributed by atoms with Gasteiger partial charge in [0.25, 0.3) is 0 Å². The van der Waals surface area contributed by atoms with Crippen LogP contribution in [0.15, 0.2) is 36.4 Å². The molecule has 1 saturated heterocycles. The van der Waals surface area contributed by atoms with Gasteiger partial charge >= 0.3 is 5.97 Å². The molecule has 0 amide bonds. The molecule has 0 radical (unpaired) electrons. The van der Waals surface area contributed by atoms with Crippen molar-refractivity contribution in [3.05, 3.63) is 47.8 Å². The molecule has 0 atom stereocenters. The van der Waals surface area contributed by atoms with Crippen LogP contribution in [0.2, 0.25) is 0 Å². The van der Waals surface area contributed by atoms with Crippen LogP contribution in [0.5, 0.6) is 5.75 Å². The number of hydrogen-bond donors (Lipinski definition) is 1. The quantitative estimate of drug-likeness (QED) is 0.526. The highest BCUT2D eigenvalue weighted by Gasteiger charge is 2.38. The van der Waals surface area contributed by atoms with Crippen molar-refractivity contribution in [3.8, 4) is 11.4 Å². The SMILES string of the molecule is CS(=O)(=O)N1CCC(F)(COc2cc(C(=O)O)nc3c2c(C2CCC2)nn3-c2ccccc2)CC1. The first kappa shape index (κ1) is 23.7. The lowest BCUT2D eigenvalue weighted by molar-refractivity contribution is 0.0374. The maximum absolute atomic E-state index is 15.6. The largest absolute Gasteiger partial charge is 0.489 e. The Kier molecular flexibility index (Phi) is 6.00. The number of benzene rings is 1. The van der Waals surface area contributed by atoms with Crippen molar-refractivity contribution in [1.29, 1.82) is 0 Å². The zero-order valence-corrected chi connectivity index (χ0v) is 20.2. The number of pyridine rings is 1. The number of alkyl halides is 1. The minimum atomic E-state index is -3.38. The van der Waals surface area contributed by atoms with Gasteiger partial charge in [0.15, 0.2) is 11.3 Å². The van der Waals surface area contributed by atoms with E-state index in [-0.39, 0.29) is 49.9 Å². The number of carbonyl (C=O) groups is 1. The van der Waals surface area contributed by atoms with E-state index in [1.54, 1.807) is 4.68 Å². The molecule has 3 heterocycles. The summed E-state index contributed by atoms with van der Waals surface area (Å²) < 4.78 is 48.0. The second kappa shape index (κ2) is 8.87. The molecule has 1 aromatic carbocycles. The number of fused-ring (bicyclic) bond motifs is 1. The Morgan fingerprint density at radius 3 is 2.49 bits per heavy atom. The molecule has 1 N–H and O–H groups in total. The molecule has 9 nitrogen and oxygen atoms in total. The van der Waals surface area contributed by atoms with Crippen molar-refractivity contribution in [3.63, 3.8) is 0 Å². The monoisotopic (exact) mass is 502 g/mol. The molecule has 0 unspecified atom stereocenters. The van der Waals surface area contributed by atoms with E-state index in [1.165, 1.54) is 10.4 Å². The van der Waals surface area contributed by atoms with Crippen molar-refractivity contribution >= 4 is 27.0 Å². The summed E-state index contributed by atoms with van der Waals surface area (Å²) >= 11 is 0. The number of para-hydroxylation sites is 1. The van der Waals surface area contributed by atoms with Crippen molar-refractivity contribution in [2.24, 2.45) is 0 Å². The molecule has 1 saturated carbocycles. The molecule has 2 aliphatic rings. The lowest BCUT2D eigenvalue weighted by atomic mass is 9.82. The van der Waals surface area contributed by atoms with Gasteiger partial charge in [0.1, 0.15) is 18.0 Å². The standard InChI is InChI=1S/C24H27FN4O5S/c1-35(32,33)28-12-10-24(25,11-13-28)15-34-19-14-18(23(30)31)26-22-20(19)21(16-6-5-7-16)27-29(22)17-8-3-2-4-9-17/h2-4,8-9,14,16H,5-7,10-13,15H2,1H3,(H,30,31). The lowest BCUT2D eigenvalue weighted by Crippen LogP contribution is -2.46. The Hall–Kier alpha value is -3.05. The van der Waals surface area contributed by atoms with Gasteiger partial charge in [0.05, 0.1) is 23.0 Å². The second-order valence-corrected chi connectivity index (χ2v) is 11.4. The first-order valence-corrected chi connectivity index (χ1v) is 13.5. The highest BCUT2D eigenvalue weighted by atomic mass is 32.2. The second-order valence-electron chi connectivity index (χ2n) is 9.37. The van der Waals surface area contributed by atoms with E-state index in [0.29, 0.717) is 11.0 Å². The zero-order valence-electron chi connectivity index (χ0n) is 19.4. The predicted molar refractivity (Wildman–Crippen MR) is 127 cm³/mol. The number of carboxylic acid groups (broad SMARTS) is 1. The summed E-state index contributed by atoms with van der Waals surface area (Å²) in [5.74, 6) is -0.794. The van der Waals surface area contributed by atoms with Gasteiger partial charge in [-0.05, 0) is 37.8 Å². The van der Waals surface area contributed by atoms with Crippen LogP contribution in [0, 0.1) is 0 Å². The number of nitrogens with zero attached hydrogens (tertiary/aromatic N) is 4. The van der Waals surface area contributed by atoms with Gasteiger partial charge in [0, 0.05) is 25.1 Å². The van der Waals surface area contributed by atoms with E-state index < -0.39 is 21.7 Å². The summed E-state index contributed by atoms with van der Waals surface area (Å²) in [5, 5.41) is 15.1. The number of carboxylic acids is 1. The molecule has 0 spiro atoms. The predicted octanol–water partition coefficient (Wildman–Crippen LogP) is 3.53. The maximum atomic E-state index is 15.6. The van der Waals surface area contributed by atoms with Crippen LogP contribution >= 0.6 is 0 Å². The highest BCUT2D eigenvalue weighted by molar-refractivity contribution is 7.88. The molecule has 1 aliphatic heterocycles. The average Bonchev–Trinajstić information content (AvgIpc) is 3.16.